The number of nitrogens with one attached hydrogen (secondary N) is 1. The number of fused-ring (bicyclic) bond motifs is 3. The molecule has 2 aromatic heterocycles. The van der Waals surface area contributed by atoms with E-state index in [1.165, 1.54) is 22.9 Å². The Kier molecular flexibility index (Phi) is 6.18. The van der Waals surface area contributed by atoms with Crippen molar-refractivity contribution in [1.82, 2.24) is 25.1 Å². The smallest absolute Gasteiger partial charge is 0.230 e. The summed E-state index contributed by atoms with van der Waals surface area (Å²) in [5, 5.41) is 13.3. The van der Waals surface area contributed by atoms with E-state index in [9.17, 15) is 4.79 Å². The number of thioether (sulfide) groups is 1. The van der Waals surface area contributed by atoms with E-state index in [1.807, 2.05) is 32.9 Å². The summed E-state index contributed by atoms with van der Waals surface area (Å²) in [5.74, 6) is 0.203. The standard InChI is InChI=1S/C26H31N5OS/c1-25(2,3)18-13-11-17(12-14-18)15-31-20-10-8-7-9-19(20)22-23(31)27-24(30-29-22)33-16-21(32)28-26(4,5)6/h7-14H,15-16H2,1-6H3,(H,28,32). The Morgan fingerprint density at radius 3 is 2.33 bits per heavy atom. The normalized spacial score (nSPS) is 12.4. The Labute approximate surface area is 199 Å². The van der Waals surface area contributed by atoms with Crippen LogP contribution >= 0.6 is 11.8 Å². The van der Waals surface area contributed by atoms with Crippen molar-refractivity contribution in [2.24, 2.45) is 0 Å². The summed E-state index contributed by atoms with van der Waals surface area (Å²) in [7, 11) is 0. The number of rotatable bonds is 5. The summed E-state index contributed by atoms with van der Waals surface area (Å²) < 4.78 is 2.19. The van der Waals surface area contributed by atoms with E-state index >= 15 is 0 Å². The fourth-order valence-corrected chi connectivity index (χ4v) is 4.37. The molecule has 0 spiro atoms. The number of carbonyl (C=O) groups excluding carboxylic acids is 1. The van der Waals surface area contributed by atoms with E-state index in [1.54, 1.807) is 0 Å². The van der Waals surface area contributed by atoms with E-state index in [-0.39, 0.29) is 22.6 Å². The highest BCUT2D eigenvalue weighted by atomic mass is 32.2. The van der Waals surface area contributed by atoms with Gasteiger partial charge in [0.05, 0.1) is 11.3 Å². The maximum atomic E-state index is 12.2. The predicted molar refractivity (Wildman–Crippen MR) is 136 cm³/mol. The first-order valence-electron chi connectivity index (χ1n) is 11.2. The largest absolute Gasteiger partial charge is 0.351 e. The molecule has 0 aliphatic heterocycles. The summed E-state index contributed by atoms with van der Waals surface area (Å²) >= 11 is 1.30. The first-order chi connectivity index (χ1) is 15.5. The number of para-hydroxylation sites is 1. The van der Waals surface area contributed by atoms with Gasteiger partial charge in [0.2, 0.25) is 11.1 Å². The van der Waals surface area contributed by atoms with Gasteiger partial charge in [0.25, 0.3) is 0 Å². The number of hydrogen-bond acceptors (Lipinski definition) is 5. The molecular formula is C26H31N5OS. The van der Waals surface area contributed by atoms with Crippen LogP contribution in [0.3, 0.4) is 0 Å². The van der Waals surface area contributed by atoms with Gasteiger partial charge in [-0.3, -0.25) is 4.79 Å². The molecule has 0 unspecified atom stereocenters. The lowest BCUT2D eigenvalue weighted by Crippen LogP contribution is -2.41. The Hall–Kier alpha value is -2.93. The van der Waals surface area contributed by atoms with Gasteiger partial charge in [0, 0.05) is 17.5 Å². The molecule has 1 amide bonds. The Morgan fingerprint density at radius 1 is 0.970 bits per heavy atom. The molecule has 1 N–H and O–H groups in total. The third kappa shape index (κ3) is 5.36. The second kappa shape index (κ2) is 8.78. The Balaban J connectivity index is 1.67. The van der Waals surface area contributed by atoms with Crippen molar-refractivity contribution in [2.45, 2.75) is 64.2 Å². The zero-order chi connectivity index (χ0) is 23.8. The predicted octanol–water partition coefficient (Wildman–Crippen LogP) is 5.33. The molecule has 172 valence electrons. The highest BCUT2D eigenvalue weighted by molar-refractivity contribution is 7.99. The molecule has 0 fully saturated rings. The van der Waals surface area contributed by atoms with Crippen LogP contribution in [0.1, 0.15) is 52.7 Å². The van der Waals surface area contributed by atoms with Gasteiger partial charge in [-0.25, -0.2) is 4.98 Å². The first kappa shape index (κ1) is 23.2. The number of nitrogens with zero attached hydrogens (tertiary/aromatic N) is 4. The zero-order valence-corrected chi connectivity index (χ0v) is 21.0. The molecule has 0 aliphatic rings. The molecule has 6 nitrogen and oxygen atoms in total. The molecule has 4 rings (SSSR count). The Bertz CT molecular complexity index is 1300. The van der Waals surface area contributed by atoms with Crippen LogP contribution in [0, 0.1) is 0 Å². The topological polar surface area (TPSA) is 72.7 Å². The maximum Gasteiger partial charge on any atom is 0.230 e. The molecule has 0 saturated carbocycles. The van der Waals surface area contributed by atoms with Crippen molar-refractivity contribution in [3.8, 4) is 0 Å². The van der Waals surface area contributed by atoms with Gasteiger partial charge in [-0.2, -0.15) is 0 Å². The summed E-state index contributed by atoms with van der Waals surface area (Å²) in [6.07, 6.45) is 0. The van der Waals surface area contributed by atoms with Crippen molar-refractivity contribution in [1.29, 1.82) is 0 Å². The molecule has 0 aliphatic carbocycles. The summed E-state index contributed by atoms with van der Waals surface area (Å²) in [4.78, 5) is 17.0. The summed E-state index contributed by atoms with van der Waals surface area (Å²) in [6, 6.07) is 16.9. The van der Waals surface area contributed by atoms with Crippen molar-refractivity contribution in [3.05, 3.63) is 59.7 Å². The Morgan fingerprint density at radius 2 is 1.67 bits per heavy atom. The van der Waals surface area contributed by atoms with Crippen LogP contribution in [0.5, 0.6) is 0 Å². The van der Waals surface area contributed by atoms with Gasteiger partial charge >= 0.3 is 0 Å². The van der Waals surface area contributed by atoms with Crippen molar-refractivity contribution >= 4 is 39.7 Å². The maximum absolute atomic E-state index is 12.2. The van der Waals surface area contributed by atoms with Crippen LogP contribution in [0.4, 0.5) is 0 Å². The van der Waals surface area contributed by atoms with E-state index < -0.39 is 0 Å². The van der Waals surface area contributed by atoms with E-state index in [4.69, 9.17) is 4.98 Å². The fourth-order valence-electron chi connectivity index (χ4n) is 3.79. The monoisotopic (exact) mass is 461 g/mol. The minimum Gasteiger partial charge on any atom is -0.351 e. The van der Waals surface area contributed by atoms with Crippen LogP contribution in [0.15, 0.2) is 53.7 Å². The molecule has 0 atom stereocenters. The van der Waals surface area contributed by atoms with Crippen LogP contribution in [-0.2, 0) is 16.8 Å². The lowest BCUT2D eigenvalue weighted by Gasteiger charge is -2.20. The van der Waals surface area contributed by atoms with Crippen molar-refractivity contribution in [3.63, 3.8) is 0 Å². The molecule has 2 heterocycles. The minimum atomic E-state index is -0.268. The van der Waals surface area contributed by atoms with Gasteiger partial charge < -0.3 is 9.88 Å². The second-order valence-electron chi connectivity index (χ2n) is 10.4. The van der Waals surface area contributed by atoms with Gasteiger partial charge in [-0.1, -0.05) is 75.0 Å². The van der Waals surface area contributed by atoms with E-state index in [2.05, 4.69) is 77.3 Å². The molecule has 0 bridgehead atoms. The van der Waals surface area contributed by atoms with Gasteiger partial charge in [0.1, 0.15) is 5.52 Å². The van der Waals surface area contributed by atoms with Gasteiger partial charge in [0.15, 0.2) is 5.65 Å². The lowest BCUT2D eigenvalue weighted by atomic mass is 9.87. The number of benzene rings is 2. The van der Waals surface area contributed by atoms with Crippen LogP contribution in [0.25, 0.3) is 22.1 Å². The van der Waals surface area contributed by atoms with Gasteiger partial charge in [-0.05, 0) is 43.4 Å². The van der Waals surface area contributed by atoms with Crippen molar-refractivity contribution < 1.29 is 4.79 Å². The molecule has 0 saturated heterocycles. The zero-order valence-electron chi connectivity index (χ0n) is 20.1. The quantitative estimate of drug-likeness (QED) is 0.407. The van der Waals surface area contributed by atoms with Crippen LogP contribution in [-0.4, -0.2) is 36.9 Å². The number of amides is 1. The van der Waals surface area contributed by atoms with E-state index in [0.29, 0.717) is 11.7 Å². The van der Waals surface area contributed by atoms with Crippen molar-refractivity contribution in [2.75, 3.05) is 5.75 Å². The minimum absolute atomic E-state index is 0.0457. The fraction of sp³-hybridized carbons (Fsp3) is 0.385. The van der Waals surface area contributed by atoms with Gasteiger partial charge in [-0.15, -0.1) is 10.2 Å². The van der Waals surface area contributed by atoms with Crippen LogP contribution in [0.2, 0.25) is 0 Å². The number of carbonyl (C=O) groups is 1. The molecular weight excluding hydrogens is 430 g/mol. The molecule has 7 heteroatoms. The third-order valence-corrected chi connectivity index (χ3v) is 6.20. The highest BCUT2D eigenvalue weighted by Gasteiger charge is 2.18. The average Bonchev–Trinajstić information content (AvgIpc) is 3.04. The molecule has 2 aromatic carbocycles. The highest BCUT2D eigenvalue weighted by Crippen LogP contribution is 2.29. The SMILES string of the molecule is CC(C)(C)NC(=O)CSc1nnc2c3ccccc3n(Cc3ccc(C(C)(C)C)cc3)c2n1. The number of aromatic nitrogens is 4. The average molecular weight is 462 g/mol. The second-order valence-corrected chi connectivity index (χ2v) is 11.3. The first-order valence-corrected chi connectivity index (χ1v) is 12.1. The summed E-state index contributed by atoms with van der Waals surface area (Å²) in [6.45, 7) is 13.2. The molecule has 0 radical (unpaired) electrons. The number of hydrogen-bond donors (Lipinski definition) is 1. The van der Waals surface area contributed by atoms with E-state index in [0.717, 1.165) is 22.1 Å². The third-order valence-electron chi connectivity index (χ3n) is 5.36. The molecule has 33 heavy (non-hydrogen) atoms. The summed E-state index contributed by atoms with van der Waals surface area (Å²) in [5.41, 5.74) is 4.99. The lowest BCUT2D eigenvalue weighted by molar-refractivity contribution is -0.119. The molecule has 4 aromatic rings. The van der Waals surface area contributed by atoms with Crippen LogP contribution < -0.4 is 5.32 Å².